The fourth-order valence-corrected chi connectivity index (χ4v) is 3.14. The molecule has 0 fully saturated rings. The van der Waals surface area contributed by atoms with E-state index in [2.05, 4.69) is 15.3 Å². The smallest absolute Gasteiger partial charge is 0.265 e. The van der Waals surface area contributed by atoms with Gasteiger partial charge in [-0.25, -0.2) is 4.98 Å². The standard InChI is InChI=1S/C20H16N4O2S/c1-14-21-18(24-10-2-3-11-24)13-19(22-14)26-16-8-6-15(7-9-16)23-20(25)17-5-4-12-27-17/h2-13H,1H3,(H,23,25). The number of thiophene rings is 1. The SMILES string of the molecule is Cc1nc(Oc2ccc(NC(=O)c3cccs3)cc2)cc(-n2cccc2)n1. The van der Waals surface area contributed by atoms with Crippen LogP contribution in [0.4, 0.5) is 5.69 Å². The van der Waals surface area contributed by atoms with Crippen LogP contribution < -0.4 is 10.1 Å². The van der Waals surface area contributed by atoms with Crippen LogP contribution >= 0.6 is 11.3 Å². The molecule has 7 heteroatoms. The average molecular weight is 376 g/mol. The van der Waals surface area contributed by atoms with Crippen molar-refractivity contribution in [1.82, 2.24) is 14.5 Å². The van der Waals surface area contributed by atoms with Crippen molar-refractivity contribution in [2.75, 3.05) is 5.32 Å². The number of hydrogen-bond donors (Lipinski definition) is 1. The Hall–Kier alpha value is -3.45. The van der Waals surface area contributed by atoms with E-state index in [1.807, 2.05) is 47.5 Å². The monoisotopic (exact) mass is 376 g/mol. The van der Waals surface area contributed by atoms with Crippen LogP contribution in [0.5, 0.6) is 11.6 Å². The second kappa shape index (κ2) is 7.43. The van der Waals surface area contributed by atoms with Gasteiger partial charge in [-0.1, -0.05) is 6.07 Å². The van der Waals surface area contributed by atoms with Crippen molar-refractivity contribution >= 4 is 22.9 Å². The van der Waals surface area contributed by atoms with E-state index in [0.717, 1.165) is 5.82 Å². The van der Waals surface area contributed by atoms with E-state index < -0.39 is 0 Å². The van der Waals surface area contributed by atoms with Gasteiger partial charge in [0.15, 0.2) is 0 Å². The molecule has 4 rings (SSSR count). The molecule has 134 valence electrons. The number of ether oxygens (including phenoxy) is 1. The molecule has 0 bridgehead atoms. The predicted molar refractivity (Wildman–Crippen MR) is 105 cm³/mol. The van der Waals surface area contributed by atoms with Gasteiger partial charge >= 0.3 is 0 Å². The topological polar surface area (TPSA) is 69.0 Å². The first-order valence-electron chi connectivity index (χ1n) is 8.29. The number of rotatable bonds is 5. The molecular formula is C20H16N4O2S. The summed E-state index contributed by atoms with van der Waals surface area (Å²) in [5.41, 5.74) is 0.702. The Morgan fingerprint density at radius 2 is 1.85 bits per heavy atom. The Morgan fingerprint density at radius 3 is 2.56 bits per heavy atom. The molecule has 0 unspecified atom stereocenters. The van der Waals surface area contributed by atoms with Gasteiger partial charge in [-0.15, -0.1) is 11.3 Å². The van der Waals surface area contributed by atoms with Crippen molar-refractivity contribution in [3.63, 3.8) is 0 Å². The summed E-state index contributed by atoms with van der Waals surface area (Å²) in [6.45, 7) is 1.82. The highest BCUT2D eigenvalue weighted by Gasteiger charge is 2.08. The van der Waals surface area contributed by atoms with Crippen molar-refractivity contribution in [3.8, 4) is 17.4 Å². The van der Waals surface area contributed by atoms with Gasteiger partial charge in [0.05, 0.1) is 4.88 Å². The summed E-state index contributed by atoms with van der Waals surface area (Å²) in [5.74, 6) is 2.32. The van der Waals surface area contributed by atoms with E-state index in [4.69, 9.17) is 4.74 Å². The van der Waals surface area contributed by atoms with Gasteiger partial charge in [0, 0.05) is 24.1 Å². The van der Waals surface area contributed by atoms with Crippen LogP contribution in [0, 0.1) is 6.92 Å². The van der Waals surface area contributed by atoms with Crippen LogP contribution in [0.3, 0.4) is 0 Å². The van der Waals surface area contributed by atoms with E-state index in [1.54, 1.807) is 36.4 Å². The zero-order valence-corrected chi connectivity index (χ0v) is 15.3. The number of carbonyl (C=O) groups is 1. The molecule has 0 saturated heterocycles. The zero-order valence-electron chi connectivity index (χ0n) is 14.5. The van der Waals surface area contributed by atoms with Crippen LogP contribution in [0.1, 0.15) is 15.5 Å². The molecule has 0 aliphatic rings. The maximum Gasteiger partial charge on any atom is 0.265 e. The molecular weight excluding hydrogens is 360 g/mol. The Morgan fingerprint density at radius 1 is 1.07 bits per heavy atom. The highest BCUT2D eigenvalue weighted by Crippen LogP contribution is 2.23. The summed E-state index contributed by atoms with van der Waals surface area (Å²) in [6.07, 6.45) is 3.83. The van der Waals surface area contributed by atoms with Crippen LogP contribution in [-0.2, 0) is 0 Å². The number of amides is 1. The Balaban J connectivity index is 1.48. The molecule has 0 aliphatic heterocycles. The number of nitrogens with one attached hydrogen (secondary N) is 1. The van der Waals surface area contributed by atoms with Crippen molar-refractivity contribution in [2.24, 2.45) is 0 Å². The molecule has 0 aliphatic carbocycles. The van der Waals surface area contributed by atoms with Crippen LogP contribution in [0.2, 0.25) is 0 Å². The van der Waals surface area contributed by atoms with Gasteiger partial charge in [-0.05, 0) is 54.8 Å². The molecule has 1 amide bonds. The quantitative estimate of drug-likeness (QED) is 0.549. The lowest BCUT2D eigenvalue weighted by Gasteiger charge is -2.09. The lowest BCUT2D eigenvalue weighted by molar-refractivity contribution is 0.103. The Labute approximate surface area is 160 Å². The van der Waals surface area contributed by atoms with Crippen molar-refractivity contribution in [3.05, 3.63) is 83.1 Å². The lowest BCUT2D eigenvalue weighted by Crippen LogP contribution is -2.09. The van der Waals surface area contributed by atoms with Crippen molar-refractivity contribution in [1.29, 1.82) is 0 Å². The molecule has 0 spiro atoms. The van der Waals surface area contributed by atoms with E-state index in [-0.39, 0.29) is 5.91 Å². The van der Waals surface area contributed by atoms with Crippen LogP contribution in [-0.4, -0.2) is 20.4 Å². The first-order chi connectivity index (χ1) is 13.2. The van der Waals surface area contributed by atoms with Crippen molar-refractivity contribution in [2.45, 2.75) is 6.92 Å². The zero-order chi connectivity index (χ0) is 18.6. The molecule has 4 aromatic rings. The molecule has 3 aromatic heterocycles. The van der Waals surface area contributed by atoms with E-state index in [0.29, 0.717) is 28.0 Å². The molecule has 27 heavy (non-hydrogen) atoms. The lowest BCUT2D eigenvalue weighted by atomic mass is 10.3. The fraction of sp³-hybridized carbons (Fsp3) is 0.0500. The van der Waals surface area contributed by atoms with Gasteiger partial charge in [0.2, 0.25) is 5.88 Å². The van der Waals surface area contributed by atoms with E-state index in [9.17, 15) is 4.79 Å². The number of nitrogens with zero attached hydrogens (tertiary/aromatic N) is 3. The van der Waals surface area contributed by atoms with Crippen LogP contribution in [0.15, 0.2) is 72.4 Å². The second-order valence-electron chi connectivity index (χ2n) is 5.76. The number of hydrogen-bond acceptors (Lipinski definition) is 5. The number of aryl methyl sites for hydroxylation is 1. The highest BCUT2D eigenvalue weighted by molar-refractivity contribution is 7.12. The maximum absolute atomic E-state index is 12.1. The molecule has 1 N–H and O–H groups in total. The number of benzene rings is 1. The van der Waals surface area contributed by atoms with Crippen LogP contribution in [0.25, 0.3) is 5.82 Å². The third-order valence-electron chi connectivity index (χ3n) is 3.75. The summed E-state index contributed by atoms with van der Waals surface area (Å²) >= 11 is 1.40. The molecule has 0 atom stereocenters. The Bertz CT molecular complexity index is 1040. The van der Waals surface area contributed by atoms with Gasteiger partial charge in [0.25, 0.3) is 5.91 Å². The average Bonchev–Trinajstić information content (AvgIpc) is 3.37. The summed E-state index contributed by atoms with van der Waals surface area (Å²) < 4.78 is 7.75. The minimum absolute atomic E-state index is 0.124. The molecule has 1 aromatic carbocycles. The summed E-state index contributed by atoms with van der Waals surface area (Å²) in [7, 11) is 0. The summed E-state index contributed by atoms with van der Waals surface area (Å²) in [5, 5.41) is 4.73. The summed E-state index contributed by atoms with van der Waals surface area (Å²) in [6, 6.07) is 16.4. The predicted octanol–water partition coefficient (Wildman–Crippen LogP) is 4.68. The van der Waals surface area contributed by atoms with Gasteiger partial charge in [0.1, 0.15) is 17.4 Å². The molecule has 0 radical (unpaired) electrons. The largest absolute Gasteiger partial charge is 0.439 e. The highest BCUT2D eigenvalue weighted by atomic mass is 32.1. The number of carbonyl (C=O) groups excluding carboxylic acids is 1. The number of anilines is 1. The third-order valence-corrected chi connectivity index (χ3v) is 4.62. The summed E-state index contributed by atoms with van der Waals surface area (Å²) in [4.78, 5) is 21.5. The molecule has 6 nitrogen and oxygen atoms in total. The molecule has 3 heterocycles. The van der Waals surface area contributed by atoms with Gasteiger partial charge in [-0.3, -0.25) is 4.79 Å². The van der Waals surface area contributed by atoms with Crippen molar-refractivity contribution < 1.29 is 9.53 Å². The van der Waals surface area contributed by atoms with E-state index in [1.165, 1.54) is 11.3 Å². The van der Waals surface area contributed by atoms with Gasteiger partial charge < -0.3 is 14.6 Å². The Kier molecular flexibility index (Phi) is 4.67. The van der Waals surface area contributed by atoms with Gasteiger partial charge in [-0.2, -0.15) is 4.98 Å². The minimum atomic E-state index is -0.124. The van der Waals surface area contributed by atoms with E-state index >= 15 is 0 Å². The number of aromatic nitrogens is 3. The molecule has 0 saturated carbocycles. The third kappa shape index (κ3) is 4.04. The fourth-order valence-electron chi connectivity index (χ4n) is 2.52. The second-order valence-corrected chi connectivity index (χ2v) is 6.71. The first kappa shape index (κ1) is 17.0. The first-order valence-corrected chi connectivity index (χ1v) is 9.17. The maximum atomic E-state index is 12.1. The minimum Gasteiger partial charge on any atom is -0.439 e. The normalized spacial score (nSPS) is 10.6.